The number of aliphatic hydroxyl groups excluding tert-OH is 1. The number of aromatic nitrogens is 2. The number of hydrogen-bond donors (Lipinski definition) is 3. The third-order valence-corrected chi connectivity index (χ3v) is 2.09. The van der Waals surface area contributed by atoms with E-state index in [2.05, 4.69) is 9.97 Å². The Morgan fingerprint density at radius 1 is 1.56 bits per heavy atom. The highest BCUT2D eigenvalue weighted by atomic mass is 16.4. The van der Waals surface area contributed by atoms with Gasteiger partial charge in [0.05, 0.1) is 12.9 Å². The minimum atomic E-state index is -1.24. The largest absolute Gasteiger partial charge is 0.477 e. The molecule has 3 N–H and O–H groups in total. The van der Waals surface area contributed by atoms with Gasteiger partial charge in [-0.25, -0.2) is 9.78 Å². The predicted molar refractivity (Wildman–Crippen MR) is 54.2 cm³/mol. The fourth-order valence-corrected chi connectivity index (χ4v) is 1.29. The molecule has 0 aliphatic heterocycles. The summed E-state index contributed by atoms with van der Waals surface area (Å²) in [6.07, 6.45) is 1.16. The van der Waals surface area contributed by atoms with E-state index < -0.39 is 11.9 Å². The number of rotatable bonds is 5. The zero-order valence-electron chi connectivity index (χ0n) is 8.80. The van der Waals surface area contributed by atoms with E-state index in [4.69, 9.17) is 10.2 Å². The molecule has 0 saturated carbocycles. The lowest BCUT2D eigenvalue weighted by Gasteiger charge is -2.18. The van der Waals surface area contributed by atoms with Crippen molar-refractivity contribution in [3.63, 3.8) is 0 Å². The number of aromatic amines is 1. The molecule has 0 radical (unpaired) electrons. The Hall–Kier alpha value is -1.89. The number of nitrogens with one attached hydrogen (secondary N) is 1. The molecule has 88 valence electrons. The molecule has 0 aromatic carbocycles. The summed E-state index contributed by atoms with van der Waals surface area (Å²) in [6, 6.07) is 0. The molecule has 1 aromatic rings. The summed E-state index contributed by atoms with van der Waals surface area (Å²) in [6.45, 7) is 2.10. The molecular formula is C9H13N3O4. The molecule has 0 unspecified atom stereocenters. The van der Waals surface area contributed by atoms with Crippen LogP contribution in [-0.2, 0) is 0 Å². The Morgan fingerprint density at radius 2 is 2.25 bits per heavy atom. The molecule has 7 nitrogen and oxygen atoms in total. The van der Waals surface area contributed by atoms with Crippen LogP contribution in [-0.4, -0.2) is 56.7 Å². The summed E-state index contributed by atoms with van der Waals surface area (Å²) in [7, 11) is 0. The van der Waals surface area contributed by atoms with E-state index in [1.165, 1.54) is 4.90 Å². The number of aliphatic hydroxyl groups is 1. The number of imidazole rings is 1. The third kappa shape index (κ3) is 2.37. The quantitative estimate of drug-likeness (QED) is 0.632. The van der Waals surface area contributed by atoms with Gasteiger partial charge in [0.1, 0.15) is 0 Å². The predicted octanol–water partition coefficient (Wildman–Crippen LogP) is -0.438. The minimum absolute atomic E-state index is 0.136. The molecular weight excluding hydrogens is 214 g/mol. The van der Waals surface area contributed by atoms with Crippen molar-refractivity contribution in [3.05, 3.63) is 17.7 Å². The number of carboxylic acid groups (broad SMARTS) is 1. The number of carbonyl (C=O) groups is 2. The van der Waals surface area contributed by atoms with Crippen LogP contribution >= 0.6 is 0 Å². The molecule has 1 heterocycles. The molecule has 0 atom stereocenters. The van der Waals surface area contributed by atoms with Crippen LogP contribution in [0.15, 0.2) is 6.33 Å². The van der Waals surface area contributed by atoms with Crippen LogP contribution in [0.25, 0.3) is 0 Å². The first kappa shape index (κ1) is 12.2. The number of H-pyrrole nitrogens is 1. The summed E-state index contributed by atoms with van der Waals surface area (Å²) in [5, 5.41) is 17.6. The van der Waals surface area contributed by atoms with Crippen LogP contribution in [0, 0.1) is 0 Å². The van der Waals surface area contributed by atoms with E-state index in [1.807, 2.05) is 0 Å². The van der Waals surface area contributed by atoms with E-state index in [0.29, 0.717) is 6.54 Å². The van der Waals surface area contributed by atoms with E-state index in [0.717, 1.165) is 6.33 Å². The van der Waals surface area contributed by atoms with Gasteiger partial charge < -0.3 is 20.1 Å². The zero-order chi connectivity index (χ0) is 12.1. The van der Waals surface area contributed by atoms with Crippen molar-refractivity contribution >= 4 is 11.9 Å². The van der Waals surface area contributed by atoms with E-state index in [-0.39, 0.29) is 24.5 Å². The van der Waals surface area contributed by atoms with Crippen LogP contribution in [0.3, 0.4) is 0 Å². The number of nitrogens with zero attached hydrogens (tertiary/aromatic N) is 2. The van der Waals surface area contributed by atoms with Gasteiger partial charge in [0.15, 0.2) is 11.4 Å². The van der Waals surface area contributed by atoms with Crippen molar-refractivity contribution < 1.29 is 19.8 Å². The van der Waals surface area contributed by atoms with Crippen LogP contribution in [0.2, 0.25) is 0 Å². The van der Waals surface area contributed by atoms with Gasteiger partial charge in [0, 0.05) is 13.1 Å². The lowest BCUT2D eigenvalue weighted by atomic mass is 10.3. The van der Waals surface area contributed by atoms with Crippen molar-refractivity contribution in [2.75, 3.05) is 19.7 Å². The van der Waals surface area contributed by atoms with Gasteiger partial charge in [-0.2, -0.15) is 0 Å². The van der Waals surface area contributed by atoms with Gasteiger partial charge in [-0.1, -0.05) is 0 Å². The fraction of sp³-hybridized carbons (Fsp3) is 0.444. The first-order chi connectivity index (χ1) is 7.61. The molecule has 0 fully saturated rings. The summed E-state index contributed by atoms with van der Waals surface area (Å²) < 4.78 is 0. The monoisotopic (exact) mass is 227 g/mol. The van der Waals surface area contributed by atoms with Crippen LogP contribution < -0.4 is 0 Å². The maximum absolute atomic E-state index is 11.8. The van der Waals surface area contributed by atoms with Gasteiger partial charge in [0.2, 0.25) is 0 Å². The highest BCUT2D eigenvalue weighted by Crippen LogP contribution is 2.06. The summed E-state index contributed by atoms with van der Waals surface area (Å²) in [5.41, 5.74) is -0.371. The zero-order valence-corrected chi connectivity index (χ0v) is 8.80. The normalized spacial score (nSPS) is 10.1. The first-order valence-corrected chi connectivity index (χ1v) is 4.78. The number of hydrogen-bond acceptors (Lipinski definition) is 4. The molecule has 1 aromatic heterocycles. The molecule has 16 heavy (non-hydrogen) atoms. The van der Waals surface area contributed by atoms with E-state index in [9.17, 15) is 9.59 Å². The molecule has 7 heteroatoms. The number of amides is 1. The number of aromatic carboxylic acids is 1. The molecule has 0 bridgehead atoms. The molecule has 0 spiro atoms. The Kier molecular flexibility index (Phi) is 4.01. The Balaban J connectivity index is 2.94. The highest BCUT2D eigenvalue weighted by molar-refractivity contribution is 6.02. The van der Waals surface area contributed by atoms with Crippen molar-refractivity contribution in [2.24, 2.45) is 0 Å². The van der Waals surface area contributed by atoms with E-state index in [1.54, 1.807) is 6.92 Å². The summed E-state index contributed by atoms with van der Waals surface area (Å²) >= 11 is 0. The van der Waals surface area contributed by atoms with Crippen molar-refractivity contribution in [1.82, 2.24) is 14.9 Å². The summed E-state index contributed by atoms with van der Waals surface area (Å²) in [4.78, 5) is 30.0. The Labute approximate surface area is 91.7 Å². The average molecular weight is 227 g/mol. The first-order valence-electron chi connectivity index (χ1n) is 4.78. The van der Waals surface area contributed by atoms with Crippen molar-refractivity contribution in [3.8, 4) is 0 Å². The molecule has 1 amide bonds. The Bertz CT molecular complexity index is 388. The number of carboxylic acids is 1. The van der Waals surface area contributed by atoms with Gasteiger partial charge in [-0.15, -0.1) is 0 Å². The SMILES string of the molecule is CCN(CCO)C(=O)c1nc[nH]c1C(=O)O. The van der Waals surface area contributed by atoms with Gasteiger partial charge in [0.25, 0.3) is 5.91 Å². The minimum Gasteiger partial charge on any atom is -0.477 e. The maximum Gasteiger partial charge on any atom is 0.354 e. The molecule has 0 aliphatic rings. The molecule has 1 rings (SSSR count). The second-order valence-electron chi connectivity index (χ2n) is 3.04. The van der Waals surface area contributed by atoms with Gasteiger partial charge >= 0.3 is 5.97 Å². The molecule has 0 aliphatic carbocycles. The van der Waals surface area contributed by atoms with Gasteiger partial charge in [-0.05, 0) is 6.92 Å². The average Bonchev–Trinajstić information content (AvgIpc) is 2.73. The van der Waals surface area contributed by atoms with Crippen LogP contribution in [0.1, 0.15) is 27.9 Å². The maximum atomic E-state index is 11.8. The van der Waals surface area contributed by atoms with Crippen LogP contribution in [0.5, 0.6) is 0 Å². The lowest BCUT2D eigenvalue weighted by molar-refractivity contribution is 0.0663. The molecule has 0 saturated heterocycles. The van der Waals surface area contributed by atoms with E-state index >= 15 is 0 Å². The highest BCUT2D eigenvalue weighted by Gasteiger charge is 2.23. The fourth-order valence-electron chi connectivity index (χ4n) is 1.29. The van der Waals surface area contributed by atoms with Crippen LogP contribution in [0.4, 0.5) is 0 Å². The number of likely N-dealkylation sites (N-methyl/N-ethyl adjacent to an activating group) is 1. The standard InChI is InChI=1S/C9H13N3O4/c1-2-12(3-4-13)8(14)6-7(9(15)16)11-5-10-6/h5,13H,2-4H2,1H3,(H,10,11)(H,15,16). The van der Waals surface area contributed by atoms with Crippen molar-refractivity contribution in [1.29, 1.82) is 0 Å². The topological polar surface area (TPSA) is 107 Å². The third-order valence-electron chi connectivity index (χ3n) is 2.09. The van der Waals surface area contributed by atoms with Crippen molar-refractivity contribution in [2.45, 2.75) is 6.92 Å². The second kappa shape index (κ2) is 5.26. The Morgan fingerprint density at radius 3 is 2.75 bits per heavy atom. The van der Waals surface area contributed by atoms with Gasteiger partial charge in [-0.3, -0.25) is 4.79 Å². The summed E-state index contributed by atoms with van der Waals surface area (Å²) in [5.74, 6) is -1.74. The smallest absolute Gasteiger partial charge is 0.354 e. The number of carbonyl (C=O) groups excluding carboxylic acids is 1. The second-order valence-corrected chi connectivity index (χ2v) is 3.04. The lowest BCUT2D eigenvalue weighted by Crippen LogP contribution is -2.34.